The number of hydrogen-bond donors (Lipinski definition) is 1. The van der Waals surface area contributed by atoms with Gasteiger partial charge in [0.05, 0.1) is 5.69 Å². The highest BCUT2D eigenvalue weighted by Gasteiger charge is 2.27. The zero-order chi connectivity index (χ0) is 21.1. The second-order valence-corrected chi connectivity index (χ2v) is 10.7. The molecule has 0 unspecified atom stereocenters. The molecule has 1 saturated carbocycles. The van der Waals surface area contributed by atoms with Crippen LogP contribution in [-0.2, 0) is 10.2 Å². The van der Waals surface area contributed by atoms with Crippen LogP contribution in [0.2, 0.25) is 0 Å². The normalized spacial score (nSPS) is 25.1. The number of fused-ring (bicyclic) bond motifs is 1. The molecule has 0 aromatic heterocycles. The van der Waals surface area contributed by atoms with Crippen molar-refractivity contribution in [1.82, 2.24) is 13.9 Å². The molecular formula is C21H34N4O4S. The lowest BCUT2D eigenvalue weighted by molar-refractivity contribution is 0.173. The largest absolute Gasteiger partial charge is 0.454 e. The van der Waals surface area contributed by atoms with Gasteiger partial charge in [0, 0.05) is 46.3 Å². The van der Waals surface area contributed by atoms with Gasteiger partial charge in [-0.2, -0.15) is 17.4 Å². The van der Waals surface area contributed by atoms with E-state index in [0.29, 0.717) is 12.7 Å². The number of benzene rings is 1. The van der Waals surface area contributed by atoms with Gasteiger partial charge in [0.1, 0.15) is 0 Å². The molecule has 0 spiro atoms. The highest BCUT2D eigenvalue weighted by molar-refractivity contribution is 7.87. The standard InChI is InChI=1S/C21H34N4O4S/c1-23(2)30(26,27)22-18-8-6-17(7-9-18)10-11-24-12-14-25(15-13-24)19-4-3-5-20-21(19)29-16-28-20/h3-5,17-18,22H,6-16H2,1-2H3. The summed E-state index contributed by atoms with van der Waals surface area (Å²) in [5.74, 6) is 2.43. The van der Waals surface area contributed by atoms with E-state index in [0.717, 1.165) is 75.6 Å². The van der Waals surface area contributed by atoms with Gasteiger partial charge in [-0.15, -0.1) is 0 Å². The lowest BCUT2D eigenvalue weighted by Crippen LogP contribution is -2.47. The molecule has 1 aromatic carbocycles. The fourth-order valence-corrected chi connectivity index (χ4v) is 5.49. The van der Waals surface area contributed by atoms with Crippen LogP contribution < -0.4 is 19.1 Å². The van der Waals surface area contributed by atoms with Gasteiger partial charge in [-0.05, 0) is 56.7 Å². The number of hydrogen-bond acceptors (Lipinski definition) is 6. The molecule has 2 fully saturated rings. The lowest BCUT2D eigenvalue weighted by Gasteiger charge is -2.37. The highest BCUT2D eigenvalue weighted by Crippen LogP contribution is 2.41. The van der Waals surface area contributed by atoms with E-state index in [9.17, 15) is 8.42 Å². The molecule has 2 heterocycles. The Morgan fingerprint density at radius 2 is 1.80 bits per heavy atom. The van der Waals surface area contributed by atoms with Crippen molar-refractivity contribution in [3.63, 3.8) is 0 Å². The second kappa shape index (κ2) is 9.30. The summed E-state index contributed by atoms with van der Waals surface area (Å²) in [6.45, 7) is 5.55. The van der Waals surface area contributed by atoms with Crippen LogP contribution in [0.25, 0.3) is 0 Å². The van der Waals surface area contributed by atoms with E-state index in [-0.39, 0.29) is 6.04 Å². The van der Waals surface area contributed by atoms with Crippen molar-refractivity contribution in [3.8, 4) is 11.5 Å². The summed E-state index contributed by atoms with van der Waals surface area (Å²) in [6, 6.07) is 6.19. The first-order chi connectivity index (χ1) is 14.4. The smallest absolute Gasteiger partial charge is 0.279 e. The Balaban J connectivity index is 1.18. The van der Waals surface area contributed by atoms with Crippen molar-refractivity contribution >= 4 is 15.9 Å². The van der Waals surface area contributed by atoms with Gasteiger partial charge in [0.25, 0.3) is 10.2 Å². The summed E-state index contributed by atoms with van der Waals surface area (Å²) in [5.41, 5.74) is 1.14. The maximum atomic E-state index is 12.0. The Hall–Kier alpha value is -1.55. The molecule has 0 bridgehead atoms. The Bertz CT molecular complexity index is 816. The van der Waals surface area contributed by atoms with Crippen molar-refractivity contribution in [2.75, 3.05) is 58.5 Å². The first-order valence-electron chi connectivity index (χ1n) is 11.0. The molecule has 0 atom stereocenters. The van der Waals surface area contributed by atoms with Crippen LogP contribution in [0.3, 0.4) is 0 Å². The average Bonchev–Trinajstić information content (AvgIpc) is 3.22. The van der Waals surface area contributed by atoms with E-state index in [1.54, 1.807) is 14.1 Å². The monoisotopic (exact) mass is 438 g/mol. The molecule has 0 radical (unpaired) electrons. The van der Waals surface area contributed by atoms with Crippen molar-refractivity contribution in [2.24, 2.45) is 5.92 Å². The minimum absolute atomic E-state index is 0.0796. The van der Waals surface area contributed by atoms with E-state index in [1.165, 1.54) is 10.7 Å². The van der Waals surface area contributed by atoms with Crippen molar-refractivity contribution in [2.45, 2.75) is 38.1 Å². The summed E-state index contributed by atoms with van der Waals surface area (Å²) in [4.78, 5) is 4.95. The van der Waals surface area contributed by atoms with E-state index in [2.05, 4.69) is 20.6 Å². The van der Waals surface area contributed by atoms with Crippen molar-refractivity contribution in [3.05, 3.63) is 18.2 Å². The molecule has 1 aliphatic carbocycles. The first-order valence-corrected chi connectivity index (χ1v) is 12.4. The van der Waals surface area contributed by atoms with Crippen molar-refractivity contribution in [1.29, 1.82) is 0 Å². The fraction of sp³-hybridized carbons (Fsp3) is 0.714. The predicted molar refractivity (Wildman–Crippen MR) is 117 cm³/mol. The molecule has 3 aliphatic rings. The van der Waals surface area contributed by atoms with Crippen LogP contribution >= 0.6 is 0 Å². The molecule has 1 saturated heterocycles. The SMILES string of the molecule is CN(C)S(=O)(=O)NC1CCC(CCN2CCN(c3cccc4c3OCO4)CC2)CC1. The number of piperazine rings is 1. The molecule has 168 valence electrons. The number of nitrogens with zero attached hydrogens (tertiary/aromatic N) is 3. The van der Waals surface area contributed by atoms with Crippen LogP contribution in [-0.4, -0.2) is 77.3 Å². The molecule has 0 amide bonds. The van der Waals surface area contributed by atoms with Gasteiger partial charge < -0.3 is 14.4 Å². The molecule has 8 nitrogen and oxygen atoms in total. The van der Waals surface area contributed by atoms with Crippen LogP contribution in [0, 0.1) is 5.92 Å². The zero-order valence-corrected chi connectivity index (χ0v) is 18.9. The lowest BCUT2D eigenvalue weighted by atomic mass is 9.84. The summed E-state index contributed by atoms with van der Waals surface area (Å²) in [5, 5.41) is 0. The second-order valence-electron chi connectivity index (χ2n) is 8.75. The van der Waals surface area contributed by atoms with E-state index < -0.39 is 10.2 Å². The minimum Gasteiger partial charge on any atom is -0.454 e. The summed E-state index contributed by atoms with van der Waals surface area (Å²) in [7, 11) is -0.185. The molecule has 30 heavy (non-hydrogen) atoms. The van der Waals surface area contributed by atoms with Gasteiger partial charge in [-0.3, -0.25) is 4.90 Å². The third-order valence-corrected chi connectivity index (χ3v) is 8.18. The van der Waals surface area contributed by atoms with Crippen LogP contribution in [0.4, 0.5) is 5.69 Å². The summed E-state index contributed by atoms with van der Waals surface area (Å²) in [6.07, 6.45) is 5.28. The highest BCUT2D eigenvalue weighted by atomic mass is 32.2. The summed E-state index contributed by atoms with van der Waals surface area (Å²) < 4.78 is 39.2. The predicted octanol–water partition coefficient (Wildman–Crippen LogP) is 1.88. The number of ether oxygens (including phenoxy) is 2. The van der Waals surface area contributed by atoms with E-state index in [1.807, 2.05) is 12.1 Å². The number of para-hydroxylation sites is 1. The van der Waals surface area contributed by atoms with Gasteiger partial charge in [-0.1, -0.05) is 6.07 Å². The number of rotatable bonds is 7. The van der Waals surface area contributed by atoms with Gasteiger partial charge in [0.15, 0.2) is 11.5 Å². The molecular weight excluding hydrogens is 404 g/mol. The van der Waals surface area contributed by atoms with Gasteiger partial charge in [-0.25, -0.2) is 0 Å². The van der Waals surface area contributed by atoms with E-state index in [4.69, 9.17) is 9.47 Å². The number of nitrogens with one attached hydrogen (secondary N) is 1. The van der Waals surface area contributed by atoms with Crippen LogP contribution in [0.15, 0.2) is 18.2 Å². The van der Waals surface area contributed by atoms with Crippen LogP contribution in [0.1, 0.15) is 32.1 Å². The Morgan fingerprint density at radius 1 is 1.07 bits per heavy atom. The van der Waals surface area contributed by atoms with Gasteiger partial charge in [0.2, 0.25) is 6.79 Å². The fourth-order valence-electron chi connectivity index (χ4n) is 4.63. The molecule has 2 aliphatic heterocycles. The van der Waals surface area contributed by atoms with Crippen LogP contribution in [0.5, 0.6) is 11.5 Å². The summed E-state index contributed by atoms with van der Waals surface area (Å²) >= 11 is 0. The molecule has 4 rings (SSSR count). The molecule has 1 N–H and O–H groups in total. The maximum Gasteiger partial charge on any atom is 0.279 e. The third-order valence-electron chi connectivity index (χ3n) is 6.59. The quantitative estimate of drug-likeness (QED) is 0.701. The topological polar surface area (TPSA) is 74.4 Å². The van der Waals surface area contributed by atoms with Crippen molar-refractivity contribution < 1.29 is 17.9 Å². The average molecular weight is 439 g/mol. The number of anilines is 1. The third kappa shape index (κ3) is 5.01. The maximum absolute atomic E-state index is 12.0. The Morgan fingerprint density at radius 3 is 2.50 bits per heavy atom. The molecule has 9 heteroatoms. The Labute approximate surface area is 180 Å². The first kappa shape index (κ1) is 21.7. The van der Waals surface area contributed by atoms with E-state index >= 15 is 0 Å². The molecule has 1 aromatic rings. The Kier molecular flexibility index (Phi) is 6.72. The zero-order valence-electron chi connectivity index (χ0n) is 18.0. The minimum atomic E-state index is -3.32. The van der Waals surface area contributed by atoms with Gasteiger partial charge >= 0.3 is 0 Å².